The maximum absolute atomic E-state index is 5.64. The van der Waals surface area contributed by atoms with E-state index in [0.29, 0.717) is 0 Å². The molecule has 1 atom stereocenters. The lowest BCUT2D eigenvalue weighted by Gasteiger charge is -2.29. The van der Waals surface area contributed by atoms with Crippen molar-refractivity contribution in [3.63, 3.8) is 0 Å². The predicted molar refractivity (Wildman–Crippen MR) is 89.0 cm³/mol. The molecule has 0 aromatic heterocycles. The zero-order chi connectivity index (χ0) is 14.6. The molecule has 1 aliphatic carbocycles. The van der Waals surface area contributed by atoms with E-state index in [1.165, 1.54) is 64.3 Å². The molecule has 1 saturated carbocycles. The van der Waals surface area contributed by atoms with Crippen LogP contribution in [0.5, 0.6) is 0 Å². The van der Waals surface area contributed by atoms with Gasteiger partial charge in [0.15, 0.2) is 0 Å². The van der Waals surface area contributed by atoms with Crippen LogP contribution in [0.3, 0.4) is 0 Å². The molecule has 1 rings (SSSR count). The fraction of sp³-hybridized carbons (Fsp3) is 1.00. The average Bonchev–Trinajstić information content (AvgIpc) is 2.48. The highest BCUT2D eigenvalue weighted by molar-refractivity contribution is 4.77. The fourth-order valence-electron chi connectivity index (χ4n) is 3.39. The summed E-state index contributed by atoms with van der Waals surface area (Å²) in [5.74, 6) is 0.902. The van der Waals surface area contributed by atoms with Crippen LogP contribution in [0.1, 0.15) is 71.6 Å². The van der Waals surface area contributed by atoms with E-state index in [0.717, 1.165) is 31.1 Å². The smallest absolute Gasteiger partial charge is 0.00672 e. The summed E-state index contributed by atoms with van der Waals surface area (Å²) in [6.07, 6.45) is 11.8. The molecule has 0 heterocycles. The molecule has 3 heteroatoms. The molecule has 0 amide bonds. The normalized spacial score (nSPS) is 24.8. The van der Waals surface area contributed by atoms with Crippen LogP contribution < -0.4 is 16.4 Å². The first-order chi connectivity index (χ1) is 9.80. The van der Waals surface area contributed by atoms with Crippen LogP contribution in [0.2, 0.25) is 0 Å². The Morgan fingerprint density at radius 1 is 1.10 bits per heavy atom. The Morgan fingerprint density at radius 3 is 2.45 bits per heavy atom. The fourth-order valence-corrected chi connectivity index (χ4v) is 3.39. The van der Waals surface area contributed by atoms with Gasteiger partial charge < -0.3 is 16.4 Å². The maximum atomic E-state index is 5.64. The number of hydrogen-bond donors (Lipinski definition) is 3. The molecule has 120 valence electrons. The van der Waals surface area contributed by atoms with Crippen molar-refractivity contribution >= 4 is 0 Å². The summed E-state index contributed by atoms with van der Waals surface area (Å²) < 4.78 is 0. The monoisotopic (exact) mass is 283 g/mol. The van der Waals surface area contributed by atoms with E-state index in [9.17, 15) is 0 Å². The highest BCUT2D eigenvalue weighted by Crippen LogP contribution is 2.26. The lowest BCUT2D eigenvalue weighted by Crippen LogP contribution is -2.36. The van der Waals surface area contributed by atoms with Crippen molar-refractivity contribution in [2.75, 3.05) is 19.6 Å². The largest absolute Gasteiger partial charge is 0.330 e. The van der Waals surface area contributed by atoms with Gasteiger partial charge in [-0.1, -0.05) is 20.3 Å². The summed E-state index contributed by atoms with van der Waals surface area (Å²) in [7, 11) is 0. The molecule has 0 spiro atoms. The molecule has 1 fully saturated rings. The van der Waals surface area contributed by atoms with Crippen molar-refractivity contribution in [3.05, 3.63) is 0 Å². The first-order valence-corrected chi connectivity index (χ1v) is 8.96. The van der Waals surface area contributed by atoms with Crippen molar-refractivity contribution in [2.24, 2.45) is 11.7 Å². The van der Waals surface area contributed by atoms with Crippen LogP contribution in [-0.4, -0.2) is 31.7 Å². The summed E-state index contributed by atoms with van der Waals surface area (Å²) in [6.45, 7) is 7.75. The Balaban J connectivity index is 1.97. The molecule has 3 nitrogen and oxygen atoms in total. The second kappa shape index (κ2) is 11.5. The van der Waals surface area contributed by atoms with Gasteiger partial charge in [-0.05, 0) is 76.9 Å². The van der Waals surface area contributed by atoms with Gasteiger partial charge in [-0.2, -0.15) is 0 Å². The molecule has 0 saturated heterocycles. The second-order valence-electron chi connectivity index (χ2n) is 6.45. The molecule has 20 heavy (non-hydrogen) atoms. The molecule has 0 aromatic rings. The molecular weight excluding hydrogens is 246 g/mol. The number of rotatable bonds is 11. The van der Waals surface area contributed by atoms with Crippen molar-refractivity contribution in [2.45, 2.75) is 83.7 Å². The minimum absolute atomic E-state index is 0.728. The Hall–Kier alpha value is -0.120. The van der Waals surface area contributed by atoms with Gasteiger partial charge >= 0.3 is 0 Å². The molecule has 0 aromatic carbocycles. The molecular formula is C17H37N3. The number of nitrogens with two attached hydrogens (primary N) is 1. The Labute approximate surface area is 126 Å². The number of hydrogen-bond acceptors (Lipinski definition) is 3. The van der Waals surface area contributed by atoms with Gasteiger partial charge in [-0.25, -0.2) is 0 Å². The average molecular weight is 284 g/mol. The van der Waals surface area contributed by atoms with Gasteiger partial charge in [0, 0.05) is 12.1 Å². The zero-order valence-electron chi connectivity index (χ0n) is 13.8. The predicted octanol–water partition coefficient (Wildman–Crippen LogP) is 3.04. The molecule has 1 aliphatic rings. The van der Waals surface area contributed by atoms with Crippen LogP contribution in [0.4, 0.5) is 0 Å². The van der Waals surface area contributed by atoms with Crippen LogP contribution in [0.25, 0.3) is 0 Å². The summed E-state index contributed by atoms with van der Waals surface area (Å²) >= 11 is 0. The van der Waals surface area contributed by atoms with Crippen LogP contribution in [0.15, 0.2) is 0 Å². The van der Waals surface area contributed by atoms with Crippen molar-refractivity contribution in [3.8, 4) is 0 Å². The van der Waals surface area contributed by atoms with Crippen molar-refractivity contribution in [1.82, 2.24) is 10.6 Å². The lowest BCUT2D eigenvalue weighted by atomic mass is 9.84. The van der Waals surface area contributed by atoms with Gasteiger partial charge in [-0.15, -0.1) is 0 Å². The van der Waals surface area contributed by atoms with Crippen LogP contribution in [0, 0.1) is 5.92 Å². The minimum Gasteiger partial charge on any atom is -0.330 e. The van der Waals surface area contributed by atoms with Crippen molar-refractivity contribution < 1.29 is 0 Å². The molecule has 0 bridgehead atoms. The van der Waals surface area contributed by atoms with E-state index in [1.54, 1.807) is 0 Å². The van der Waals surface area contributed by atoms with E-state index in [-0.39, 0.29) is 0 Å². The maximum Gasteiger partial charge on any atom is 0.00672 e. The van der Waals surface area contributed by atoms with Gasteiger partial charge in [-0.3, -0.25) is 0 Å². The lowest BCUT2D eigenvalue weighted by molar-refractivity contribution is 0.281. The van der Waals surface area contributed by atoms with E-state index in [1.807, 2.05) is 0 Å². The van der Waals surface area contributed by atoms with E-state index < -0.39 is 0 Å². The minimum atomic E-state index is 0.728. The Kier molecular flexibility index (Phi) is 10.3. The second-order valence-corrected chi connectivity index (χ2v) is 6.45. The standard InChI is InChI=1S/C17H37N3/c1-3-6-16(4-2)19-13-5-14-20-17-9-7-15(8-10-17)11-12-18/h15-17,19-20H,3-14,18H2,1-2H3. The Morgan fingerprint density at radius 2 is 1.85 bits per heavy atom. The highest BCUT2D eigenvalue weighted by Gasteiger charge is 2.19. The molecule has 1 unspecified atom stereocenters. The summed E-state index contributed by atoms with van der Waals surface area (Å²) in [4.78, 5) is 0. The molecule has 0 radical (unpaired) electrons. The Bertz CT molecular complexity index is 212. The SMILES string of the molecule is CCCC(CC)NCCCNC1CCC(CCN)CC1. The first kappa shape index (κ1) is 17.9. The topological polar surface area (TPSA) is 50.1 Å². The third kappa shape index (κ3) is 7.61. The highest BCUT2D eigenvalue weighted by atomic mass is 14.9. The molecule has 4 N–H and O–H groups in total. The first-order valence-electron chi connectivity index (χ1n) is 8.96. The number of nitrogens with one attached hydrogen (secondary N) is 2. The summed E-state index contributed by atoms with van der Waals surface area (Å²) in [6, 6.07) is 1.49. The van der Waals surface area contributed by atoms with Crippen LogP contribution >= 0.6 is 0 Å². The van der Waals surface area contributed by atoms with Crippen molar-refractivity contribution in [1.29, 1.82) is 0 Å². The van der Waals surface area contributed by atoms with Gasteiger partial charge in [0.2, 0.25) is 0 Å². The summed E-state index contributed by atoms with van der Waals surface area (Å²) in [5.41, 5.74) is 5.64. The third-order valence-electron chi connectivity index (χ3n) is 4.77. The quantitative estimate of drug-likeness (QED) is 0.511. The zero-order valence-corrected chi connectivity index (χ0v) is 13.8. The van der Waals surface area contributed by atoms with Gasteiger partial charge in [0.1, 0.15) is 0 Å². The van der Waals surface area contributed by atoms with E-state index in [4.69, 9.17) is 5.73 Å². The van der Waals surface area contributed by atoms with E-state index >= 15 is 0 Å². The van der Waals surface area contributed by atoms with Gasteiger partial charge in [0.25, 0.3) is 0 Å². The molecule has 0 aliphatic heterocycles. The van der Waals surface area contributed by atoms with E-state index in [2.05, 4.69) is 24.5 Å². The van der Waals surface area contributed by atoms with Gasteiger partial charge in [0.05, 0.1) is 0 Å². The summed E-state index contributed by atoms with van der Waals surface area (Å²) in [5, 5.41) is 7.41. The van der Waals surface area contributed by atoms with Crippen LogP contribution in [-0.2, 0) is 0 Å². The third-order valence-corrected chi connectivity index (χ3v) is 4.77.